The van der Waals surface area contributed by atoms with Crippen LogP contribution in [0.3, 0.4) is 0 Å². The van der Waals surface area contributed by atoms with E-state index in [1.807, 2.05) is 39.0 Å². The van der Waals surface area contributed by atoms with Gasteiger partial charge >= 0.3 is 0 Å². The van der Waals surface area contributed by atoms with Crippen LogP contribution in [0.5, 0.6) is 0 Å². The van der Waals surface area contributed by atoms with Gasteiger partial charge in [-0.15, -0.1) is 0 Å². The maximum Gasteiger partial charge on any atom is 0.246 e. The van der Waals surface area contributed by atoms with E-state index in [1.54, 1.807) is 11.0 Å². The van der Waals surface area contributed by atoms with Gasteiger partial charge in [0.05, 0.1) is 6.61 Å². The van der Waals surface area contributed by atoms with Gasteiger partial charge in [-0.1, -0.05) is 23.7 Å². The number of carbonyl (C=O) groups excluding carboxylic acids is 1. The number of nitrogens with zero attached hydrogens (tertiary/aromatic N) is 1. The number of aliphatic hydroxyl groups excluding tert-OH is 1. The Hall–Kier alpha value is -1.32. The fraction of sp³-hybridized carbons (Fsp3) is 0.400. The number of aryl methyl sites for hydroxylation is 1. The number of aliphatic hydroxyl groups is 1. The van der Waals surface area contributed by atoms with Crippen LogP contribution in [-0.2, 0) is 4.79 Å². The van der Waals surface area contributed by atoms with Crippen molar-refractivity contribution in [3.05, 3.63) is 40.4 Å². The minimum atomic E-state index is -0.110. The Kier molecular flexibility index (Phi) is 6.06. The van der Waals surface area contributed by atoms with Crippen molar-refractivity contribution in [1.29, 1.82) is 0 Å². The van der Waals surface area contributed by atoms with Gasteiger partial charge in [0.25, 0.3) is 0 Å². The van der Waals surface area contributed by atoms with Gasteiger partial charge in [0.1, 0.15) is 0 Å². The van der Waals surface area contributed by atoms with E-state index in [0.717, 1.165) is 11.1 Å². The number of carbonyl (C=O) groups is 1. The van der Waals surface area contributed by atoms with Crippen LogP contribution in [0.1, 0.15) is 25.0 Å². The van der Waals surface area contributed by atoms with Crippen LogP contribution >= 0.6 is 11.6 Å². The average molecular weight is 282 g/mol. The van der Waals surface area contributed by atoms with Crippen LogP contribution in [0.2, 0.25) is 5.02 Å². The van der Waals surface area contributed by atoms with Gasteiger partial charge in [0.2, 0.25) is 5.91 Å². The molecule has 104 valence electrons. The van der Waals surface area contributed by atoms with Crippen LogP contribution in [0.15, 0.2) is 24.3 Å². The number of halogens is 1. The summed E-state index contributed by atoms with van der Waals surface area (Å²) in [5, 5.41) is 9.64. The Morgan fingerprint density at radius 2 is 2.16 bits per heavy atom. The van der Waals surface area contributed by atoms with Crippen molar-refractivity contribution in [2.75, 3.05) is 13.2 Å². The standard InChI is InChI=1S/C15H20ClNO2/c1-11(2)17(8-9-18)15(19)7-6-13-5-4-12(3)14(16)10-13/h4-7,10-11,18H,8-9H2,1-3H3/b7-6+. The molecule has 0 bridgehead atoms. The summed E-state index contributed by atoms with van der Waals surface area (Å²) in [7, 11) is 0. The molecular weight excluding hydrogens is 262 g/mol. The number of benzene rings is 1. The highest BCUT2D eigenvalue weighted by atomic mass is 35.5. The third-order valence-electron chi connectivity index (χ3n) is 2.86. The molecule has 0 aliphatic carbocycles. The zero-order valence-corrected chi connectivity index (χ0v) is 12.3. The highest BCUT2D eigenvalue weighted by molar-refractivity contribution is 6.31. The van der Waals surface area contributed by atoms with Gasteiger partial charge in [-0.3, -0.25) is 4.79 Å². The predicted octanol–water partition coefficient (Wildman–Crippen LogP) is 2.89. The lowest BCUT2D eigenvalue weighted by molar-refractivity contribution is -0.128. The van der Waals surface area contributed by atoms with Crippen LogP contribution in [0, 0.1) is 6.92 Å². The molecule has 1 aromatic rings. The molecule has 3 nitrogen and oxygen atoms in total. The summed E-state index contributed by atoms with van der Waals surface area (Å²) in [6.07, 6.45) is 3.25. The number of rotatable bonds is 5. The quantitative estimate of drug-likeness (QED) is 0.843. The Morgan fingerprint density at radius 1 is 1.47 bits per heavy atom. The summed E-state index contributed by atoms with van der Waals surface area (Å²) in [5.41, 5.74) is 1.89. The van der Waals surface area contributed by atoms with E-state index in [1.165, 1.54) is 6.08 Å². The molecule has 0 unspecified atom stereocenters. The molecule has 0 saturated carbocycles. The molecule has 0 spiro atoms. The van der Waals surface area contributed by atoms with Crippen molar-refractivity contribution >= 4 is 23.6 Å². The molecule has 1 N–H and O–H groups in total. The number of hydrogen-bond acceptors (Lipinski definition) is 2. The summed E-state index contributed by atoms with van der Waals surface area (Å²) in [5.74, 6) is -0.110. The number of amides is 1. The zero-order valence-electron chi connectivity index (χ0n) is 11.6. The molecule has 0 aromatic heterocycles. The van der Waals surface area contributed by atoms with Crippen molar-refractivity contribution < 1.29 is 9.90 Å². The molecule has 4 heteroatoms. The van der Waals surface area contributed by atoms with Gasteiger partial charge in [-0.25, -0.2) is 0 Å². The molecule has 1 rings (SSSR count). The van der Waals surface area contributed by atoms with Gasteiger partial charge < -0.3 is 10.0 Å². The van der Waals surface area contributed by atoms with Crippen LogP contribution in [0.4, 0.5) is 0 Å². The summed E-state index contributed by atoms with van der Waals surface area (Å²) in [6, 6.07) is 5.72. The van der Waals surface area contributed by atoms with Crippen molar-refractivity contribution in [2.45, 2.75) is 26.8 Å². The van der Waals surface area contributed by atoms with Crippen LogP contribution in [0.25, 0.3) is 6.08 Å². The van der Waals surface area contributed by atoms with Crippen molar-refractivity contribution in [2.24, 2.45) is 0 Å². The molecule has 0 radical (unpaired) electrons. The van der Waals surface area contributed by atoms with E-state index in [2.05, 4.69) is 0 Å². The molecular formula is C15H20ClNO2. The Labute approximate surface area is 119 Å². The molecule has 1 amide bonds. The second kappa shape index (κ2) is 7.31. The fourth-order valence-electron chi connectivity index (χ4n) is 1.71. The average Bonchev–Trinajstić information content (AvgIpc) is 2.36. The van der Waals surface area contributed by atoms with E-state index in [9.17, 15) is 4.79 Å². The lowest BCUT2D eigenvalue weighted by Gasteiger charge is -2.24. The van der Waals surface area contributed by atoms with E-state index in [0.29, 0.717) is 11.6 Å². The lowest BCUT2D eigenvalue weighted by Crippen LogP contribution is -2.37. The first kappa shape index (κ1) is 15.7. The monoisotopic (exact) mass is 281 g/mol. The molecule has 0 heterocycles. The van der Waals surface area contributed by atoms with Crippen molar-refractivity contribution in [3.63, 3.8) is 0 Å². The van der Waals surface area contributed by atoms with Gasteiger partial charge in [-0.05, 0) is 44.0 Å². The van der Waals surface area contributed by atoms with Crippen LogP contribution in [-0.4, -0.2) is 35.1 Å². The minimum Gasteiger partial charge on any atom is -0.395 e. The fourth-order valence-corrected chi connectivity index (χ4v) is 1.90. The Balaban J connectivity index is 2.79. The molecule has 0 aliphatic rings. The third-order valence-corrected chi connectivity index (χ3v) is 3.27. The van der Waals surface area contributed by atoms with Crippen molar-refractivity contribution in [1.82, 2.24) is 4.90 Å². The molecule has 0 aliphatic heterocycles. The van der Waals surface area contributed by atoms with Gasteiger partial charge in [0, 0.05) is 23.7 Å². The first-order valence-corrected chi connectivity index (χ1v) is 6.69. The van der Waals surface area contributed by atoms with Crippen molar-refractivity contribution in [3.8, 4) is 0 Å². The first-order chi connectivity index (χ1) is 8.95. The predicted molar refractivity (Wildman–Crippen MR) is 79.2 cm³/mol. The normalized spacial score (nSPS) is 11.3. The van der Waals surface area contributed by atoms with Crippen LogP contribution < -0.4 is 0 Å². The van der Waals surface area contributed by atoms with Gasteiger partial charge in [0.15, 0.2) is 0 Å². The zero-order chi connectivity index (χ0) is 14.4. The highest BCUT2D eigenvalue weighted by Crippen LogP contribution is 2.17. The first-order valence-electron chi connectivity index (χ1n) is 6.31. The van der Waals surface area contributed by atoms with Gasteiger partial charge in [-0.2, -0.15) is 0 Å². The molecule has 0 saturated heterocycles. The Bertz CT molecular complexity index is 469. The second-order valence-electron chi connectivity index (χ2n) is 4.69. The molecule has 1 aromatic carbocycles. The van der Waals surface area contributed by atoms with E-state index in [4.69, 9.17) is 16.7 Å². The molecule has 0 fully saturated rings. The number of hydrogen-bond donors (Lipinski definition) is 1. The largest absolute Gasteiger partial charge is 0.395 e. The molecule has 0 atom stereocenters. The lowest BCUT2D eigenvalue weighted by atomic mass is 10.1. The van der Waals surface area contributed by atoms with E-state index < -0.39 is 0 Å². The minimum absolute atomic E-state index is 0.0336. The maximum atomic E-state index is 12.0. The third kappa shape index (κ3) is 4.69. The smallest absolute Gasteiger partial charge is 0.246 e. The summed E-state index contributed by atoms with van der Waals surface area (Å²) >= 11 is 6.03. The highest BCUT2D eigenvalue weighted by Gasteiger charge is 2.13. The van der Waals surface area contributed by atoms with E-state index >= 15 is 0 Å². The topological polar surface area (TPSA) is 40.5 Å². The summed E-state index contributed by atoms with van der Waals surface area (Å²) in [6.45, 7) is 6.08. The SMILES string of the molecule is Cc1ccc(/C=C/C(=O)N(CCO)C(C)C)cc1Cl. The molecule has 19 heavy (non-hydrogen) atoms. The maximum absolute atomic E-state index is 12.0. The second-order valence-corrected chi connectivity index (χ2v) is 5.10. The van der Waals surface area contributed by atoms with E-state index in [-0.39, 0.29) is 18.6 Å². The Morgan fingerprint density at radius 3 is 2.68 bits per heavy atom. The summed E-state index contributed by atoms with van der Waals surface area (Å²) < 4.78 is 0. The summed E-state index contributed by atoms with van der Waals surface area (Å²) in [4.78, 5) is 13.6.